The number of carbonyl (C=O) groups excluding carboxylic acids is 3. The number of aromatic nitrogens is 1. The number of ether oxygens (including phenoxy) is 1. The van der Waals surface area contributed by atoms with Crippen LogP contribution in [0.25, 0.3) is 10.9 Å². The van der Waals surface area contributed by atoms with E-state index in [1.165, 1.54) is 11.9 Å². The minimum absolute atomic E-state index is 0.200. The Morgan fingerprint density at radius 3 is 2.57 bits per heavy atom. The Morgan fingerprint density at radius 1 is 1.11 bits per heavy atom. The summed E-state index contributed by atoms with van der Waals surface area (Å²) in [6, 6.07) is 15.8. The zero-order valence-electron chi connectivity index (χ0n) is 15.1. The van der Waals surface area contributed by atoms with E-state index in [1.54, 1.807) is 30.3 Å². The number of hydrogen-bond donors (Lipinski definition) is 2. The lowest BCUT2D eigenvalue weighted by molar-refractivity contribution is -0.136. The number of carbonyl (C=O) groups is 3. The summed E-state index contributed by atoms with van der Waals surface area (Å²) >= 11 is 5.98. The molecule has 3 rings (SSSR count). The number of para-hydroxylation sites is 2. The van der Waals surface area contributed by atoms with Gasteiger partial charge in [0.25, 0.3) is 5.91 Å². The summed E-state index contributed by atoms with van der Waals surface area (Å²) in [6.07, 6.45) is 0. The topological polar surface area (TPSA) is 91.5 Å². The largest absolute Gasteiger partial charge is 0.451 e. The van der Waals surface area contributed by atoms with Gasteiger partial charge >= 0.3 is 5.97 Å². The van der Waals surface area contributed by atoms with E-state index in [1.807, 2.05) is 24.3 Å². The first-order valence-corrected chi connectivity index (χ1v) is 8.85. The van der Waals surface area contributed by atoms with E-state index in [4.69, 9.17) is 16.3 Å². The number of amides is 2. The number of fused-ring (bicyclic) bond motifs is 1. The lowest BCUT2D eigenvalue weighted by Gasteiger charge is -2.17. The van der Waals surface area contributed by atoms with Gasteiger partial charge in [-0.05, 0) is 24.3 Å². The third kappa shape index (κ3) is 4.69. The van der Waals surface area contributed by atoms with Gasteiger partial charge in [-0.3, -0.25) is 9.59 Å². The number of aromatic amines is 1. The molecule has 2 N–H and O–H groups in total. The van der Waals surface area contributed by atoms with Crippen molar-refractivity contribution in [2.24, 2.45) is 0 Å². The molecule has 2 aromatic carbocycles. The fourth-order valence-electron chi connectivity index (χ4n) is 2.55. The van der Waals surface area contributed by atoms with E-state index in [-0.39, 0.29) is 12.2 Å². The predicted octanol–water partition coefficient (Wildman–Crippen LogP) is 3.08. The van der Waals surface area contributed by atoms with Crippen LogP contribution in [0.2, 0.25) is 5.02 Å². The third-order valence-electron chi connectivity index (χ3n) is 4.03. The molecule has 0 aliphatic carbocycles. The fraction of sp³-hybridized carbons (Fsp3) is 0.150. The second-order valence-corrected chi connectivity index (χ2v) is 6.53. The molecule has 28 heavy (non-hydrogen) atoms. The van der Waals surface area contributed by atoms with Crippen LogP contribution >= 0.6 is 11.6 Å². The van der Waals surface area contributed by atoms with E-state index < -0.39 is 24.4 Å². The number of benzene rings is 2. The minimum Gasteiger partial charge on any atom is -0.451 e. The van der Waals surface area contributed by atoms with Gasteiger partial charge in [0, 0.05) is 18.0 Å². The summed E-state index contributed by atoms with van der Waals surface area (Å²) in [5, 5.41) is 3.89. The predicted molar refractivity (Wildman–Crippen MR) is 106 cm³/mol. The molecule has 2 amide bonds. The average Bonchev–Trinajstić information content (AvgIpc) is 3.12. The number of rotatable bonds is 6. The maximum absolute atomic E-state index is 12.1. The van der Waals surface area contributed by atoms with E-state index >= 15 is 0 Å². The monoisotopic (exact) mass is 399 g/mol. The van der Waals surface area contributed by atoms with Crippen LogP contribution in [-0.2, 0) is 14.3 Å². The van der Waals surface area contributed by atoms with Crippen LogP contribution in [0.3, 0.4) is 0 Å². The Hall–Kier alpha value is -3.32. The summed E-state index contributed by atoms with van der Waals surface area (Å²) in [4.78, 5) is 40.4. The standard InChI is InChI=1S/C20H18ClN3O4/c1-24(11-18(25)23-16-9-5-3-7-14(16)21)19(26)12-28-20(27)17-10-13-6-2-4-8-15(13)22-17/h2-10,22H,11-12H2,1H3,(H,23,25). The van der Waals surface area contributed by atoms with Gasteiger partial charge < -0.3 is 19.9 Å². The normalized spacial score (nSPS) is 10.5. The van der Waals surface area contributed by atoms with Crippen molar-refractivity contribution in [3.8, 4) is 0 Å². The highest BCUT2D eigenvalue weighted by molar-refractivity contribution is 6.33. The molecule has 0 spiro atoms. The number of hydrogen-bond acceptors (Lipinski definition) is 4. The van der Waals surface area contributed by atoms with Gasteiger partial charge in [-0.15, -0.1) is 0 Å². The number of likely N-dealkylation sites (N-methyl/N-ethyl adjacent to an activating group) is 1. The number of nitrogens with one attached hydrogen (secondary N) is 2. The van der Waals surface area contributed by atoms with E-state index in [2.05, 4.69) is 10.3 Å². The Morgan fingerprint density at radius 2 is 1.82 bits per heavy atom. The van der Waals surface area contributed by atoms with Crippen molar-refractivity contribution < 1.29 is 19.1 Å². The summed E-state index contributed by atoms with van der Waals surface area (Å²) in [6.45, 7) is -0.669. The molecule has 0 aliphatic rings. The van der Waals surface area contributed by atoms with Crippen molar-refractivity contribution in [3.63, 3.8) is 0 Å². The highest BCUT2D eigenvalue weighted by atomic mass is 35.5. The molecule has 0 radical (unpaired) electrons. The maximum atomic E-state index is 12.1. The van der Waals surface area contributed by atoms with Crippen LogP contribution in [-0.4, -0.2) is 47.9 Å². The maximum Gasteiger partial charge on any atom is 0.355 e. The minimum atomic E-state index is -0.640. The third-order valence-corrected chi connectivity index (χ3v) is 4.36. The second-order valence-electron chi connectivity index (χ2n) is 6.12. The van der Waals surface area contributed by atoms with E-state index in [9.17, 15) is 14.4 Å². The molecule has 0 atom stereocenters. The molecule has 0 bridgehead atoms. The first-order valence-electron chi connectivity index (χ1n) is 8.47. The summed E-state index contributed by atoms with van der Waals surface area (Å²) in [7, 11) is 1.45. The van der Waals surface area contributed by atoms with Gasteiger partial charge in [0.2, 0.25) is 5.91 Å². The Balaban J connectivity index is 1.50. The van der Waals surface area contributed by atoms with Crippen LogP contribution in [0.15, 0.2) is 54.6 Å². The van der Waals surface area contributed by atoms with Gasteiger partial charge in [-0.2, -0.15) is 0 Å². The number of nitrogens with zero attached hydrogens (tertiary/aromatic N) is 1. The molecule has 144 valence electrons. The molecule has 1 heterocycles. The zero-order chi connectivity index (χ0) is 20.1. The molecular formula is C20H18ClN3O4. The zero-order valence-corrected chi connectivity index (χ0v) is 15.8. The van der Waals surface area contributed by atoms with E-state index in [0.717, 1.165) is 10.9 Å². The molecule has 0 aliphatic heterocycles. The van der Waals surface area contributed by atoms with Gasteiger partial charge in [-0.1, -0.05) is 41.9 Å². The Kier molecular flexibility index (Phi) is 5.96. The van der Waals surface area contributed by atoms with Gasteiger partial charge in [0.15, 0.2) is 6.61 Å². The Labute approximate surface area is 166 Å². The molecule has 8 heteroatoms. The van der Waals surface area contributed by atoms with Crippen molar-refractivity contribution in [1.82, 2.24) is 9.88 Å². The van der Waals surface area contributed by atoms with E-state index in [0.29, 0.717) is 10.7 Å². The first-order chi connectivity index (χ1) is 13.4. The SMILES string of the molecule is CN(CC(=O)Nc1ccccc1Cl)C(=O)COC(=O)c1cc2ccccc2[nH]1. The van der Waals surface area contributed by atoms with Crippen molar-refractivity contribution >= 4 is 46.0 Å². The number of H-pyrrole nitrogens is 1. The Bertz CT molecular complexity index is 998. The molecule has 0 saturated carbocycles. The molecule has 3 aromatic rings. The number of halogens is 1. The molecule has 0 saturated heterocycles. The summed E-state index contributed by atoms with van der Waals surface area (Å²) in [5.41, 5.74) is 1.52. The summed E-state index contributed by atoms with van der Waals surface area (Å²) in [5.74, 6) is -1.55. The summed E-state index contributed by atoms with van der Waals surface area (Å²) < 4.78 is 5.05. The highest BCUT2D eigenvalue weighted by Gasteiger charge is 2.17. The van der Waals surface area contributed by atoms with Crippen molar-refractivity contribution in [1.29, 1.82) is 0 Å². The number of esters is 1. The molecular weight excluding hydrogens is 382 g/mol. The van der Waals surface area contributed by atoms with Crippen LogP contribution in [0, 0.1) is 0 Å². The van der Waals surface area contributed by atoms with Crippen molar-refractivity contribution in [3.05, 3.63) is 65.3 Å². The average molecular weight is 400 g/mol. The van der Waals surface area contributed by atoms with Gasteiger partial charge in [0.1, 0.15) is 5.69 Å². The highest BCUT2D eigenvalue weighted by Crippen LogP contribution is 2.20. The van der Waals surface area contributed by atoms with Crippen molar-refractivity contribution in [2.45, 2.75) is 0 Å². The van der Waals surface area contributed by atoms with Crippen LogP contribution in [0.4, 0.5) is 5.69 Å². The quantitative estimate of drug-likeness (QED) is 0.623. The smallest absolute Gasteiger partial charge is 0.355 e. The molecule has 7 nitrogen and oxygen atoms in total. The van der Waals surface area contributed by atoms with Gasteiger partial charge in [0.05, 0.1) is 17.3 Å². The van der Waals surface area contributed by atoms with Crippen LogP contribution in [0.1, 0.15) is 10.5 Å². The van der Waals surface area contributed by atoms with Crippen molar-refractivity contribution in [2.75, 3.05) is 25.5 Å². The number of anilines is 1. The fourth-order valence-corrected chi connectivity index (χ4v) is 2.74. The molecule has 0 fully saturated rings. The second kappa shape index (κ2) is 8.58. The van der Waals surface area contributed by atoms with Crippen LogP contribution in [0.5, 0.6) is 0 Å². The van der Waals surface area contributed by atoms with Crippen LogP contribution < -0.4 is 5.32 Å². The lowest BCUT2D eigenvalue weighted by atomic mass is 10.2. The van der Waals surface area contributed by atoms with Gasteiger partial charge in [-0.25, -0.2) is 4.79 Å². The lowest BCUT2D eigenvalue weighted by Crippen LogP contribution is -2.37. The first kappa shape index (κ1) is 19.4. The molecule has 0 unspecified atom stereocenters. The molecule has 1 aromatic heterocycles.